The number of amides is 3. The van der Waals surface area contributed by atoms with E-state index in [1.54, 1.807) is 13.1 Å². The fourth-order valence-electron chi connectivity index (χ4n) is 2.52. The normalized spacial score (nSPS) is 17.1. The number of anilines is 1. The van der Waals surface area contributed by atoms with Crippen molar-refractivity contribution in [1.82, 2.24) is 20.2 Å². The molecule has 2 aromatic rings. The van der Waals surface area contributed by atoms with Crippen molar-refractivity contribution in [3.63, 3.8) is 0 Å². The fourth-order valence-corrected chi connectivity index (χ4v) is 2.75. The molecule has 1 aliphatic heterocycles. The average molecular weight is 364 g/mol. The minimum Gasteiger partial charge on any atom is -0.350 e. The van der Waals surface area contributed by atoms with Crippen LogP contribution in [0.2, 0.25) is 5.02 Å². The molecule has 3 rings (SSSR count). The third-order valence-electron chi connectivity index (χ3n) is 3.92. The highest BCUT2D eigenvalue weighted by atomic mass is 35.5. The highest BCUT2D eigenvalue weighted by Gasteiger charge is 2.40. The van der Waals surface area contributed by atoms with Crippen molar-refractivity contribution in [1.29, 1.82) is 0 Å². The van der Waals surface area contributed by atoms with Crippen LogP contribution < -0.4 is 10.2 Å². The van der Waals surface area contributed by atoms with Crippen molar-refractivity contribution in [3.05, 3.63) is 53.1 Å². The lowest BCUT2D eigenvalue weighted by Crippen LogP contribution is -2.43. The molecule has 1 aromatic heterocycles. The Labute approximate surface area is 148 Å². The maximum absolute atomic E-state index is 13.1. The summed E-state index contributed by atoms with van der Waals surface area (Å²) in [6.07, 6.45) is 3.05. The number of rotatable bonds is 4. The fraction of sp³-hybridized carbons (Fsp3) is 0.250. The number of hydrogen-bond acceptors (Lipinski definition) is 4. The molecule has 1 fully saturated rings. The van der Waals surface area contributed by atoms with Crippen LogP contribution in [0.15, 0.2) is 36.7 Å². The summed E-state index contributed by atoms with van der Waals surface area (Å²) < 4.78 is 13.1. The van der Waals surface area contributed by atoms with Gasteiger partial charge in [0.1, 0.15) is 11.9 Å². The van der Waals surface area contributed by atoms with E-state index in [1.165, 1.54) is 40.4 Å². The van der Waals surface area contributed by atoms with Gasteiger partial charge < -0.3 is 10.2 Å². The topological polar surface area (TPSA) is 78.4 Å². The highest BCUT2D eigenvalue weighted by molar-refractivity contribution is 6.31. The van der Waals surface area contributed by atoms with Crippen molar-refractivity contribution < 1.29 is 14.0 Å². The number of urea groups is 1. The van der Waals surface area contributed by atoms with Gasteiger partial charge in [0.05, 0.1) is 6.54 Å². The van der Waals surface area contributed by atoms with Gasteiger partial charge in [-0.3, -0.25) is 9.69 Å². The van der Waals surface area contributed by atoms with E-state index >= 15 is 0 Å². The summed E-state index contributed by atoms with van der Waals surface area (Å²) in [5.41, 5.74) is 0.589. The van der Waals surface area contributed by atoms with E-state index in [4.69, 9.17) is 11.6 Å². The van der Waals surface area contributed by atoms with Gasteiger partial charge in [0.25, 0.3) is 0 Å². The highest BCUT2D eigenvalue weighted by Crippen LogP contribution is 2.20. The van der Waals surface area contributed by atoms with E-state index in [0.29, 0.717) is 5.56 Å². The molecule has 1 N–H and O–H groups in total. The first-order valence-electron chi connectivity index (χ1n) is 7.50. The van der Waals surface area contributed by atoms with Crippen LogP contribution in [0.1, 0.15) is 5.56 Å². The molecular formula is C16H15ClFN5O2. The molecule has 7 nitrogen and oxygen atoms in total. The van der Waals surface area contributed by atoms with Crippen LogP contribution in [0.25, 0.3) is 0 Å². The number of halogens is 2. The van der Waals surface area contributed by atoms with Crippen LogP contribution in [0.5, 0.6) is 0 Å². The Hall–Kier alpha value is -2.74. The minimum atomic E-state index is -0.685. The number of carbonyl (C=O) groups excluding carboxylic acids is 2. The average Bonchev–Trinajstić information content (AvgIpc) is 2.90. The van der Waals surface area contributed by atoms with Crippen LogP contribution in [0, 0.1) is 5.82 Å². The van der Waals surface area contributed by atoms with Crippen LogP contribution >= 0.6 is 11.6 Å². The maximum Gasteiger partial charge on any atom is 0.327 e. The third kappa shape index (κ3) is 3.53. The lowest BCUT2D eigenvalue weighted by Gasteiger charge is -2.17. The second kappa shape index (κ2) is 7.02. The first-order valence-corrected chi connectivity index (χ1v) is 7.88. The van der Waals surface area contributed by atoms with Crippen molar-refractivity contribution >= 4 is 29.5 Å². The molecule has 1 saturated heterocycles. The monoisotopic (exact) mass is 363 g/mol. The maximum atomic E-state index is 13.1. The Morgan fingerprint density at radius 3 is 2.80 bits per heavy atom. The molecule has 1 aliphatic rings. The Bertz CT molecular complexity index is 804. The Balaban J connectivity index is 1.67. The molecule has 0 radical (unpaired) electrons. The standard InChI is InChI=1S/C16H15ClFN5O2/c1-22-13(9-23(16(22)25)15-19-5-2-6-20-15)14(24)21-8-10-3-4-11(18)7-12(10)17/h2-7,13H,8-9H2,1H3,(H,21,24)/t13-/m0/s1. The van der Waals surface area contributed by atoms with E-state index in [0.717, 1.165) is 0 Å². The first kappa shape index (κ1) is 17.1. The SMILES string of the molecule is CN1C(=O)N(c2ncccn2)C[C@H]1C(=O)NCc1ccc(F)cc1Cl. The quantitative estimate of drug-likeness (QED) is 0.898. The van der Waals surface area contributed by atoms with Gasteiger partial charge in [-0.25, -0.2) is 19.2 Å². The molecule has 0 bridgehead atoms. The second-order valence-corrected chi connectivity index (χ2v) is 5.93. The van der Waals surface area contributed by atoms with Crippen LogP contribution in [0.4, 0.5) is 15.1 Å². The van der Waals surface area contributed by atoms with Gasteiger partial charge in [-0.05, 0) is 23.8 Å². The molecular weight excluding hydrogens is 349 g/mol. The molecule has 0 aliphatic carbocycles. The zero-order chi connectivity index (χ0) is 18.0. The number of nitrogens with zero attached hydrogens (tertiary/aromatic N) is 4. The lowest BCUT2D eigenvalue weighted by atomic mass is 10.2. The van der Waals surface area contributed by atoms with Crippen molar-refractivity contribution in [3.8, 4) is 0 Å². The molecule has 1 aromatic carbocycles. The number of carbonyl (C=O) groups is 2. The zero-order valence-corrected chi connectivity index (χ0v) is 14.1. The van der Waals surface area contributed by atoms with E-state index in [2.05, 4.69) is 15.3 Å². The van der Waals surface area contributed by atoms with Gasteiger partial charge in [-0.15, -0.1) is 0 Å². The number of hydrogen-bond donors (Lipinski definition) is 1. The summed E-state index contributed by atoms with van der Waals surface area (Å²) in [4.78, 5) is 35.5. The van der Waals surface area contributed by atoms with E-state index in [-0.39, 0.29) is 36.0 Å². The predicted octanol–water partition coefficient (Wildman–Crippen LogP) is 1.83. The van der Waals surface area contributed by atoms with E-state index in [1.807, 2.05) is 0 Å². The number of benzene rings is 1. The molecule has 1 atom stereocenters. The summed E-state index contributed by atoms with van der Waals surface area (Å²) in [7, 11) is 1.54. The van der Waals surface area contributed by atoms with Gasteiger partial charge in [0, 0.05) is 31.0 Å². The van der Waals surface area contributed by atoms with Gasteiger partial charge >= 0.3 is 6.03 Å². The van der Waals surface area contributed by atoms with E-state index in [9.17, 15) is 14.0 Å². The molecule has 9 heteroatoms. The Morgan fingerprint density at radius 1 is 1.40 bits per heavy atom. The summed E-state index contributed by atoms with van der Waals surface area (Å²) in [5.74, 6) is -0.536. The Morgan fingerprint density at radius 2 is 2.12 bits per heavy atom. The number of nitrogens with one attached hydrogen (secondary N) is 1. The lowest BCUT2D eigenvalue weighted by molar-refractivity contribution is -0.124. The summed E-state index contributed by atoms with van der Waals surface area (Å²) in [5, 5.41) is 2.95. The zero-order valence-electron chi connectivity index (χ0n) is 13.3. The molecule has 25 heavy (non-hydrogen) atoms. The van der Waals surface area contributed by atoms with Gasteiger partial charge in [-0.2, -0.15) is 0 Å². The van der Waals surface area contributed by atoms with Crippen molar-refractivity contribution in [2.24, 2.45) is 0 Å². The molecule has 3 amide bonds. The van der Waals surface area contributed by atoms with Gasteiger partial charge in [-0.1, -0.05) is 17.7 Å². The minimum absolute atomic E-state index is 0.137. The summed E-state index contributed by atoms with van der Waals surface area (Å²) in [6, 6.07) is 4.56. The second-order valence-electron chi connectivity index (χ2n) is 5.52. The van der Waals surface area contributed by atoms with Crippen LogP contribution in [-0.2, 0) is 11.3 Å². The third-order valence-corrected chi connectivity index (χ3v) is 4.27. The number of aromatic nitrogens is 2. The van der Waals surface area contributed by atoms with E-state index < -0.39 is 11.9 Å². The summed E-state index contributed by atoms with van der Waals surface area (Å²) in [6.45, 7) is 0.278. The van der Waals surface area contributed by atoms with Crippen molar-refractivity contribution in [2.45, 2.75) is 12.6 Å². The van der Waals surface area contributed by atoms with Gasteiger partial charge in [0.2, 0.25) is 11.9 Å². The molecule has 0 saturated carbocycles. The summed E-state index contributed by atoms with van der Waals surface area (Å²) >= 11 is 5.95. The van der Waals surface area contributed by atoms with Gasteiger partial charge in [0.15, 0.2) is 0 Å². The number of likely N-dealkylation sites (N-methyl/N-ethyl adjacent to an activating group) is 1. The first-order chi connectivity index (χ1) is 12.0. The van der Waals surface area contributed by atoms with Crippen LogP contribution in [-0.4, -0.2) is 46.4 Å². The van der Waals surface area contributed by atoms with Crippen LogP contribution in [0.3, 0.4) is 0 Å². The smallest absolute Gasteiger partial charge is 0.327 e. The largest absolute Gasteiger partial charge is 0.350 e. The molecule has 0 spiro atoms. The molecule has 2 heterocycles. The Kier molecular flexibility index (Phi) is 4.80. The predicted molar refractivity (Wildman–Crippen MR) is 89.6 cm³/mol. The van der Waals surface area contributed by atoms with Crippen molar-refractivity contribution in [2.75, 3.05) is 18.5 Å². The molecule has 130 valence electrons. The molecule has 0 unspecified atom stereocenters.